The maximum Gasteiger partial charge on any atom is 0.305 e. The Labute approximate surface area is 296 Å². The van der Waals surface area contributed by atoms with Crippen molar-refractivity contribution in [2.75, 3.05) is 165 Å². The van der Waals surface area contributed by atoms with Crippen molar-refractivity contribution in [3.63, 3.8) is 0 Å². The van der Waals surface area contributed by atoms with Crippen LogP contribution < -0.4 is 0 Å². The predicted molar refractivity (Wildman–Crippen MR) is 184 cm³/mol. The minimum absolute atomic E-state index is 0.159. The Morgan fingerprint density at radius 3 is 0.776 bits per heavy atom. The van der Waals surface area contributed by atoms with Gasteiger partial charge in [-0.3, -0.25) is 4.79 Å². The Morgan fingerprint density at radius 1 is 0.286 bits per heavy atom. The molecule has 0 spiro atoms. The van der Waals surface area contributed by atoms with E-state index in [2.05, 4.69) is 13.8 Å². The maximum atomic E-state index is 11.5. The molecule has 0 aliphatic carbocycles. The van der Waals surface area contributed by atoms with Gasteiger partial charge in [-0.25, -0.2) is 0 Å². The first-order valence-electron chi connectivity index (χ1n) is 18.4. The van der Waals surface area contributed by atoms with Gasteiger partial charge in [-0.1, -0.05) is 39.5 Å². The first-order valence-corrected chi connectivity index (χ1v) is 18.4. The molecule has 0 aliphatic heterocycles. The summed E-state index contributed by atoms with van der Waals surface area (Å²) < 4.78 is 70.7. The lowest BCUT2D eigenvalue weighted by Crippen LogP contribution is -2.15. The van der Waals surface area contributed by atoms with Crippen LogP contribution in [0.1, 0.15) is 58.8 Å². The van der Waals surface area contributed by atoms with E-state index in [0.29, 0.717) is 158 Å². The Balaban J connectivity index is 3.07. The molecule has 0 aliphatic rings. The molecule has 0 saturated carbocycles. The van der Waals surface area contributed by atoms with Gasteiger partial charge in [-0.2, -0.15) is 0 Å². The first kappa shape index (κ1) is 48.0. The third-order valence-electron chi connectivity index (χ3n) is 6.46. The molecule has 14 heteroatoms. The van der Waals surface area contributed by atoms with Crippen molar-refractivity contribution >= 4 is 5.97 Å². The van der Waals surface area contributed by atoms with Gasteiger partial charge < -0.3 is 61.6 Å². The monoisotopic (exact) mass is 714 g/mol. The van der Waals surface area contributed by atoms with E-state index >= 15 is 0 Å². The highest BCUT2D eigenvalue weighted by Crippen LogP contribution is 2.00. The van der Waals surface area contributed by atoms with Gasteiger partial charge in [-0.05, 0) is 12.8 Å². The SMILES string of the molecule is CCCCCOCCOCCOCCOCCOCCOCCOCCOCCOCCOCCOCCOCCOC(=O)CCCCC. The van der Waals surface area contributed by atoms with E-state index in [9.17, 15) is 4.79 Å². The number of ether oxygens (including phenoxy) is 13. The fourth-order valence-corrected chi connectivity index (χ4v) is 3.78. The van der Waals surface area contributed by atoms with E-state index in [1.165, 1.54) is 12.8 Å². The molecule has 0 N–H and O–H groups in total. The second-order valence-corrected chi connectivity index (χ2v) is 10.7. The van der Waals surface area contributed by atoms with Crippen LogP contribution in [0.2, 0.25) is 0 Å². The molecule has 0 unspecified atom stereocenters. The minimum atomic E-state index is -0.159. The van der Waals surface area contributed by atoms with E-state index in [1.54, 1.807) is 0 Å². The summed E-state index contributed by atoms with van der Waals surface area (Å²) >= 11 is 0. The molecule has 0 aromatic rings. The van der Waals surface area contributed by atoms with Crippen molar-refractivity contribution in [2.45, 2.75) is 58.8 Å². The zero-order chi connectivity index (χ0) is 35.4. The van der Waals surface area contributed by atoms with Gasteiger partial charge in [0.15, 0.2) is 0 Å². The van der Waals surface area contributed by atoms with Crippen LogP contribution in [0.15, 0.2) is 0 Å². The van der Waals surface area contributed by atoms with Crippen molar-refractivity contribution in [2.24, 2.45) is 0 Å². The first-order chi connectivity index (χ1) is 24.3. The molecule has 49 heavy (non-hydrogen) atoms. The summed E-state index contributed by atoms with van der Waals surface area (Å²) in [6.45, 7) is 17.1. The molecule has 0 saturated heterocycles. The topological polar surface area (TPSA) is 137 Å². The van der Waals surface area contributed by atoms with Crippen molar-refractivity contribution in [3.8, 4) is 0 Å². The Morgan fingerprint density at radius 2 is 0.510 bits per heavy atom. The quantitative estimate of drug-likeness (QED) is 0.0673. The number of hydrogen-bond acceptors (Lipinski definition) is 14. The van der Waals surface area contributed by atoms with Gasteiger partial charge in [0.1, 0.15) is 6.61 Å². The fourth-order valence-electron chi connectivity index (χ4n) is 3.78. The molecule has 294 valence electrons. The molecule has 0 heterocycles. The van der Waals surface area contributed by atoms with Gasteiger partial charge >= 0.3 is 5.97 Å². The summed E-state index contributed by atoms with van der Waals surface area (Å²) in [5.41, 5.74) is 0. The lowest BCUT2D eigenvalue weighted by molar-refractivity contribution is -0.145. The van der Waals surface area contributed by atoms with Gasteiger partial charge in [0.25, 0.3) is 0 Å². The summed E-state index contributed by atoms with van der Waals surface area (Å²) in [7, 11) is 0. The van der Waals surface area contributed by atoms with Crippen LogP contribution in [0.3, 0.4) is 0 Å². The lowest BCUT2D eigenvalue weighted by Gasteiger charge is -2.09. The van der Waals surface area contributed by atoms with Crippen LogP contribution in [0, 0.1) is 0 Å². The lowest BCUT2D eigenvalue weighted by atomic mass is 10.2. The van der Waals surface area contributed by atoms with E-state index in [-0.39, 0.29) is 12.6 Å². The predicted octanol–water partition coefficient (Wildman–Crippen LogP) is 3.50. The highest BCUT2D eigenvalue weighted by atomic mass is 16.6. The Bertz CT molecular complexity index is 617. The molecule has 0 fully saturated rings. The van der Waals surface area contributed by atoms with Crippen molar-refractivity contribution in [1.29, 1.82) is 0 Å². The molecular weight excluding hydrogens is 644 g/mol. The number of esters is 1. The highest BCUT2D eigenvalue weighted by molar-refractivity contribution is 5.69. The average molecular weight is 715 g/mol. The van der Waals surface area contributed by atoms with E-state index in [1.807, 2.05) is 0 Å². The standard InChI is InChI=1S/C35H70O14/c1-3-5-7-9-35(36)49-34-33-48-32-31-47-30-29-46-28-27-45-26-25-44-24-23-43-22-21-42-20-19-41-18-17-40-16-15-39-14-13-38-12-11-37-10-8-6-4-2/h3-34H2,1-2H3. The van der Waals surface area contributed by atoms with Crippen LogP contribution in [-0.2, 0) is 66.4 Å². The second-order valence-electron chi connectivity index (χ2n) is 10.7. The second kappa shape index (κ2) is 45.0. The van der Waals surface area contributed by atoms with Crippen LogP contribution in [0.4, 0.5) is 0 Å². The Kier molecular flexibility index (Phi) is 44.1. The molecule has 0 bridgehead atoms. The molecule has 0 amide bonds. The number of carbonyl (C=O) groups is 1. The summed E-state index contributed by atoms with van der Waals surface area (Å²) in [6.07, 6.45) is 7.03. The largest absolute Gasteiger partial charge is 0.463 e. The molecule has 0 rings (SSSR count). The van der Waals surface area contributed by atoms with Crippen molar-refractivity contribution in [3.05, 3.63) is 0 Å². The normalized spacial score (nSPS) is 11.5. The van der Waals surface area contributed by atoms with Crippen molar-refractivity contribution < 1.29 is 66.4 Å². The van der Waals surface area contributed by atoms with Gasteiger partial charge in [0, 0.05) is 13.0 Å². The minimum Gasteiger partial charge on any atom is -0.463 e. The van der Waals surface area contributed by atoms with Gasteiger partial charge in [0.05, 0.1) is 152 Å². The molecule has 0 radical (unpaired) electrons. The number of hydrogen-bond donors (Lipinski definition) is 0. The molecular formula is C35H70O14. The van der Waals surface area contributed by atoms with Crippen LogP contribution in [0.5, 0.6) is 0 Å². The number of carbonyl (C=O) groups excluding carboxylic acids is 1. The fraction of sp³-hybridized carbons (Fsp3) is 0.971. The van der Waals surface area contributed by atoms with Gasteiger partial charge in [0.2, 0.25) is 0 Å². The number of rotatable bonds is 44. The van der Waals surface area contributed by atoms with Crippen LogP contribution in [-0.4, -0.2) is 171 Å². The zero-order valence-electron chi connectivity index (χ0n) is 30.8. The third kappa shape index (κ3) is 45.0. The van der Waals surface area contributed by atoms with Crippen LogP contribution >= 0.6 is 0 Å². The molecule has 0 aromatic carbocycles. The van der Waals surface area contributed by atoms with E-state index < -0.39 is 0 Å². The smallest absolute Gasteiger partial charge is 0.305 e. The summed E-state index contributed by atoms with van der Waals surface area (Å²) in [4.78, 5) is 11.5. The maximum absolute atomic E-state index is 11.5. The van der Waals surface area contributed by atoms with Crippen LogP contribution in [0.25, 0.3) is 0 Å². The van der Waals surface area contributed by atoms with E-state index in [0.717, 1.165) is 32.3 Å². The average Bonchev–Trinajstić information content (AvgIpc) is 3.11. The highest BCUT2D eigenvalue weighted by Gasteiger charge is 2.02. The summed E-state index contributed by atoms with van der Waals surface area (Å²) in [6, 6.07) is 0. The zero-order valence-corrected chi connectivity index (χ0v) is 30.8. The number of unbranched alkanes of at least 4 members (excludes halogenated alkanes) is 4. The van der Waals surface area contributed by atoms with Gasteiger partial charge in [-0.15, -0.1) is 0 Å². The van der Waals surface area contributed by atoms with E-state index in [4.69, 9.17) is 61.6 Å². The van der Waals surface area contributed by atoms with Crippen molar-refractivity contribution in [1.82, 2.24) is 0 Å². The Hall–Kier alpha value is -1.01. The summed E-state index contributed by atoms with van der Waals surface area (Å²) in [5, 5.41) is 0. The molecule has 0 atom stereocenters. The molecule has 0 aromatic heterocycles. The third-order valence-corrected chi connectivity index (χ3v) is 6.46. The molecule has 14 nitrogen and oxygen atoms in total. The summed E-state index contributed by atoms with van der Waals surface area (Å²) in [5.74, 6) is -0.159.